The van der Waals surface area contributed by atoms with E-state index in [-0.39, 0.29) is 6.54 Å². The van der Waals surface area contributed by atoms with E-state index in [9.17, 15) is 0 Å². The van der Waals surface area contributed by atoms with E-state index in [4.69, 9.17) is 15.0 Å². The molecule has 3 rings (SSSR count). The fourth-order valence-corrected chi connectivity index (χ4v) is 2.47. The van der Waals surface area contributed by atoms with Crippen molar-refractivity contribution >= 4 is 10.8 Å². The third kappa shape index (κ3) is 2.04. The number of benzene rings is 2. The summed E-state index contributed by atoms with van der Waals surface area (Å²) in [4.78, 5) is 2.81. The molecule has 1 aliphatic rings. The Bertz CT molecular complexity index is 639. The summed E-state index contributed by atoms with van der Waals surface area (Å²) in [5, 5.41) is 5.81. The summed E-state index contributed by atoms with van der Waals surface area (Å²) in [5.41, 5.74) is 9.46. The van der Waals surface area contributed by atoms with Gasteiger partial charge >= 0.3 is 0 Å². The molecule has 0 aromatic heterocycles. The Morgan fingerprint density at radius 2 is 1.84 bits per heavy atom. The maximum absolute atomic E-state index is 8.55. The average Bonchev–Trinajstić information content (AvgIpc) is 2.94. The minimum Gasteiger partial charge on any atom is -0.343 e. The van der Waals surface area contributed by atoms with Gasteiger partial charge in [0.1, 0.15) is 0 Å². The lowest BCUT2D eigenvalue weighted by Crippen LogP contribution is -2.30. The molecular weight excluding hydrogens is 242 g/mol. The maximum Gasteiger partial charge on any atom is 0.201 e. The Morgan fingerprint density at radius 1 is 1.11 bits per heavy atom. The van der Waals surface area contributed by atoms with Crippen LogP contribution < -0.4 is 0 Å². The van der Waals surface area contributed by atoms with Gasteiger partial charge in [0.25, 0.3) is 0 Å². The average molecular weight is 255 g/mol. The van der Waals surface area contributed by atoms with Gasteiger partial charge in [-0.25, -0.2) is 0 Å². The van der Waals surface area contributed by atoms with Crippen LogP contribution in [0.15, 0.2) is 47.6 Å². The van der Waals surface area contributed by atoms with Gasteiger partial charge in [-0.2, -0.15) is 0 Å². The molecule has 0 N–H and O–H groups in total. The Morgan fingerprint density at radius 3 is 2.63 bits per heavy atom. The van der Waals surface area contributed by atoms with Gasteiger partial charge in [-0.3, -0.25) is 0 Å². The van der Waals surface area contributed by atoms with Crippen LogP contribution in [0, 0.1) is 0 Å². The summed E-state index contributed by atoms with van der Waals surface area (Å²) in [6, 6.07) is 14.0. The molecule has 2 aromatic rings. The van der Waals surface area contributed by atoms with Crippen molar-refractivity contribution in [3.63, 3.8) is 0 Å². The lowest BCUT2D eigenvalue weighted by atomic mass is 9.98. The maximum atomic E-state index is 8.55. The molecule has 0 unspecified atom stereocenters. The second-order valence-corrected chi connectivity index (χ2v) is 4.37. The molecule has 5 heteroatoms. The van der Waals surface area contributed by atoms with Gasteiger partial charge in [0, 0.05) is 10.5 Å². The van der Waals surface area contributed by atoms with Crippen LogP contribution in [-0.2, 0) is 15.3 Å². The van der Waals surface area contributed by atoms with Crippen molar-refractivity contribution in [1.82, 2.24) is 0 Å². The molecule has 0 bridgehead atoms. The lowest BCUT2D eigenvalue weighted by Gasteiger charge is -2.27. The van der Waals surface area contributed by atoms with E-state index in [1.54, 1.807) is 0 Å². The predicted octanol–water partition coefficient (Wildman–Crippen LogP) is 3.35. The van der Waals surface area contributed by atoms with Gasteiger partial charge in [-0.15, -0.1) is 0 Å². The zero-order chi connectivity index (χ0) is 13.1. The van der Waals surface area contributed by atoms with Crippen LogP contribution in [0.5, 0.6) is 0 Å². The van der Waals surface area contributed by atoms with Gasteiger partial charge in [-0.05, 0) is 16.3 Å². The van der Waals surface area contributed by atoms with E-state index in [1.807, 2.05) is 42.5 Å². The lowest BCUT2D eigenvalue weighted by molar-refractivity contribution is -0.155. The largest absolute Gasteiger partial charge is 0.343 e. The van der Waals surface area contributed by atoms with Crippen LogP contribution in [0.25, 0.3) is 21.2 Å². The summed E-state index contributed by atoms with van der Waals surface area (Å²) in [6.45, 7) is 1.14. The SMILES string of the molecule is [N-]=[N+]=NCC1(c2cccc3ccccc23)OCCO1. The van der Waals surface area contributed by atoms with Crippen molar-refractivity contribution in [2.75, 3.05) is 19.8 Å². The van der Waals surface area contributed by atoms with Crippen molar-refractivity contribution in [2.24, 2.45) is 5.11 Å². The van der Waals surface area contributed by atoms with Crippen LogP contribution in [0.2, 0.25) is 0 Å². The molecule has 0 radical (unpaired) electrons. The van der Waals surface area contributed by atoms with E-state index >= 15 is 0 Å². The van der Waals surface area contributed by atoms with Gasteiger partial charge in [0.05, 0.1) is 19.8 Å². The smallest absolute Gasteiger partial charge is 0.201 e. The van der Waals surface area contributed by atoms with Crippen LogP contribution in [0.3, 0.4) is 0 Å². The molecule has 19 heavy (non-hydrogen) atoms. The molecular formula is C14H13N3O2. The third-order valence-corrected chi connectivity index (χ3v) is 3.30. The van der Waals surface area contributed by atoms with Gasteiger partial charge < -0.3 is 9.47 Å². The number of fused-ring (bicyclic) bond motifs is 1. The van der Waals surface area contributed by atoms with E-state index < -0.39 is 5.79 Å². The Labute approximate surface area is 110 Å². The topological polar surface area (TPSA) is 67.2 Å². The highest BCUT2D eigenvalue weighted by atomic mass is 16.7. The van der Waals surface area contributed by atoms with Crippen LogP contribution in [0.1, 0.15) is 5.56 Å². The highest BCUT2D eigenvalue weighted by molar-refractivity contribution is 5.86. The molecule has 1 heterocycles. The second-order valence-electron chi connectivity index (χ2n) is 4.37. The first-order valence-corrected chi connectivity index (χ1v) is 6.13. The third-order valence-electron chi connectivity index (χ3n) is 3.30. The van der Waals surface area contributed by atoms with Crippen molar-refractivity contribution in [3.05, 3.63) is 58.5 Å². The number of azide groups is 1. The number of hydrogen-bond acceptors (Lipinski definition) is 3. The first-order chi connectivity index (χ1) is 9.36. The number of ether oxygens (including phenoxy) is 2. The summed E-state index contributed by atoms with van der Waals surface area (Å²) in [6.07, 6.45) is 0. The zero-order valence-electron chi connectivity index (χ0n) is 10.3. The van der Waals surface area contributed by atoms with Crippen molar-refractivity contribution in [2.45, 2.75) is 5.79 Å². The van der Waals surface area contributed by atoms with E-state index in [2.05, 4.69) is 10.0 Å². The number of nitrogens with zero attached hydrogens (tertiary/aromatic N) is 3. The normalized spacial score (nSPS) is 17.3. The summed E-state index contributed by atoms with van der Waals surface area (Å²) in [7, 11) is 0. The summed E-state index contributed by atoms with van der Waals surface area (Å²) in [5.74, 6) is -0.951. The standard InChI is InChI=1S/C14H13N3O2/c15-17-16-10-14(18-8-9-19-14)13-7-3-5-11-4-1-2-6-12(11)13/h1-7H,8-10H2. The Balaban J connectivity index is 2.17. The molecule has 0 atom stereocenters. The number of rotatable bonds is 3. The van der Waals surface area contributed by atoms with Crippen LogP contribution in [0.4, 0.5) is 0 Å². The molecule has 96 valence electrons. The summed E-state index contributed by atoms with van der Waals surface area (Å²) >= 11 is 0. The first-order valence-electron chi connectivity index (χ1n) is 6.13. The minimum atomic E-state index is -0.951. The molecule has 0 amide bonds. The molecule has 1 saturated heterocycles. The van der Waals surface area contributed by atoms with Crippen molar-refractivity contribution in [3.8, 4) is 0 Å². The molecule has 0 spiro atoms. The molecule has 2 aromatic carbocycles. The highest BCUT2D eigenvalue weighted by Crippen LogP contribution is 2.36. The minimum absolute atomic E-state index is 0.136. The van der Waals surface area contributed by atoms with E-state index in [0.29, 0.717) is 13.2 Å². The first kappa shape index (κ1) is 12.0. The van der Waals surface area contributed by atoms with E-state index in [1.165, 1.54) is 0 Å². The molecule has 5 nitrogen and oxygen atoms in total. The molecule has 1 aliphatic heterocycles. The van der Waals surface area contributed by atoms with Crippen LogP contribution >= 0.6 is 0 Å². The van der Waals surface area contributed by atoms with Crippen LogP contribution in [-0.4, -0.2) is 19.8 Å². The molecule has 0 saturated carbocycles. The predicted molar refractivity (Wildman–Crippen MR) is 71.5 cm³/mol. The number of hydrogen-bond donors (Lipinski definition) is 0. The van der Waals surface area contributed by atoms with E-state index in [0.717, 1.165) is 16.3 Å². The van der Waals surface area contributed by atoms with Gasteiger partial charge in [-0.1, -0.05) is 47.6 Å². The molecule has 1 fully saturated rings. The fraction of sp³-hybridized carbons (Fsp3) is 0.286. The van der Waals surface area contributed by atoms with Gasteiger partial charge in [0.15, 0.2) is 0 Å². The highest BCUT2D eigenvalue weighted by Gasteiger charge is 2.39. The fourth-order valence-electron chi connectivity index (χ4n) is 2.47. The van der Waals surface area contributed by atoms with Crippen molar-refractivity contribution < 1.29 is 9.47 Å². The van der Waals surface area contributed by atoms with Gasteiger partial charge in [0.2, 0.25) is 5.79 Å². The zero-order valence-corrected chi connectivity index (χ0v) is 10.3. The Hall–Kier alpha value is -2.07. The molecule has 0 aliphatic carbocycles. The Kier molecular flexibility index (Phi) is 3.09. The second kappa shape index (κ2) is 4.90. The van der Waals surface area contributed by atoms with Crippen molar-refractivity contribution in [1.29, 1.82) is 0 Å². The monoisotopic (exact) mass is 255 g/mol. The summed E-state index contributed by atoms with van der Waals surface area (Å²) < 4.78 is 11.5. The quantitative estimate of drug-likeness (QED) is 0.479.